The lowest BCUT2D eigenvalue weighted by atomic mass is 9.69. The Morgan fingerprint density at radius 3 is 1.32 bits per heavy atom. The average Bonchev–Trinajstić information content (AvgIpc) is 1.55. The molecule has 0 fully saturated rings. The number of fused-ring (bicyclic) bond motifs is 6. The molecule has 0 aliphatic heterocycles. The lowest BCUT2D eigenvalue weighted by Gasteiger charge is -2.34. The van der Waals surface area contributed by atoms with Gasteiger partial charge in [0.05, 0.1) is 30.9 Å². The Labute approximate surface area is 566 Å². The minimum Gasteiger partial charge on any atom is -0.494 e. The van der Waals surface area contributed by atoms with E-state index < -0.39 is 5.41 Å². The van der Waals surface area contributed by atoms with E-state index in [4.69, 9.17) is 14.2 Å². The van der Waals surface area contributed by atoms with E-state index in [0.717, 1.165) is 118 Å². The van der Waals surface area contributed by atoms with Gasteiger partial charge in [0.15, 0.2) is 0 Å². The molecule has 0 spiro atoms. The number of benzene rings is 12. The van der Waals surface area contributed by atoms with Gasteiger partial charge in [-0.1, -0.05) is 222 Å². The van der Waals surface area contributed by atoms with Gasteiger partial charge in [0, 0.05) is 38.9 Å². The normalized spacial score (nSPS) is 13.3. The monoisotopic (exact) mass is 1250 g/mol. The molecular weight excluding hydrogens is 1170 g/mol. The number of nitrogens with zero attached hydrogens (tertiary/aromatic N) is 2. The van der Waals surface area contributed by atoms with Crippen LogP contribution in [0.1, 0.15) is 99.1 Å². The van der Waals surface area contributed by atoms with Crippen LogP contribution < -0.4 is 19.1 Å². The second-order valence-corrected chi connectivity index (χ2v) is 26.4. The van der Waals surface area contributed by atoms with Gasteiger partial charge in [-0.25, -0.2) is 0 Å². The number of hydrogen-bond donors (Lipinski definition) is 0. The standard InChI is InChI=1S/C91H82N2O3/c1-6-65-28-49-79(50-29-65)94-59-19-8-9-20-60-95-81-53-46-77(47-54-81)93-88-56-38-71(69-32-40-73(41-33-69)90(3,4)5)62-84(88)85-63-72(39-57-89(85)93)70-36-44-76(45-37-70)92(75-42-34-68(35-43-75)67-22-12-10-13-23-67)78-48-55-83-82-26-16-17-27-86(82)91(87(83)64-78,74-24-14-11-15-25-74)58-18-21-61-96-80-51-30-66(7-2)31-52-80/h6-7,10-17,22-57,62-64H,1-2,8-9,18-21,58-61H2,3-5H3. The highest BCUT2D eigenvalue weighted by Gasteiger charge is 2.44. The number of unbranched alkanes of at least 4 members (excludes halogenated alkanes) is 4. The van der Waals surface area contributed by atoms with E-state index in [9.17, 15) is 0 Å². The van der Waals surface area contributed by atoms with Gasteiger partial charge in [-0.05, 0) is 237 Å². The Morgan fingerprint density at radius 1 is 0.375 bits per heavy atom. The molecule has 1 aliphatic carbocycles. The molecule has 0 saturated carbocycles. The van der Waals surface area contributed by atoms with E-state index in [2.05, 4.69) is 292 Å². The second kappa shape index (κ2) is 28.0. The molecule has 0 amide bonds. The lowest BCUT2D eigenvalue weighted by Crippen LogP contribution is -2.27. The highest BCUT2D eigenvalue weighted by molar-refractivity contribution is 6.11. The molecule has 0 bridgehead atoms. The molecule has 1 atom stereocenters. The maximum atomic E-state index is 6.34. The maximum absolute atomic E-state index is 6.34. The fraction of sp³-hybridized carbons (Fsp3) is 0.165. The Balaban J connectivity index is 0.781. The highest BCUT2D eigenvalue weighted by Crippen LogP contribution is 2.56. The maximum Gasteiger partial charge on any atom is 0.119 e. The summed E-state index contributed by atoms with van der Waals surface area (Å²) in [6.45, 7) is 16.6. The third-order valence-electron chi connectivity index (χ3n) is 19.3. The first-order valence-corrected chi connectivity index (χ1v) is 34.1. The van der Waals surface area contributed by atoms with Crippen LogP contribution in [-0.2, 0) is 10.8 Å². The zero-order chi connectivity index (χ0) is 65.4. The predicted molar refractivity (Wildman–Crippen MR) is 404 cm³/mol. The van der Waals surface area contributed by atoms with Crippen molar-refractivity contribution in [3.63, 3.8) is 0 Å². The zero-order valence-electron chi connectivity index (χ0n) is 55.4. The van der Waals surface area contributed by atoms with Crippen LogP contribution in [0.25, 0.3) is 84.2 Å². The third kappa shape index (κ3) is 13.1. The SMILES string of the molecule is C=Cc1ccc(OCCCCCCOc2ccc(-n3c4ccc(-c5ccc(N(c6ccc(-c7ccccc7)cc6)c6ccc7c(c6)C(CCCCOc6ccc(C=C)cc6)(c6ccccc6)c6ccccc6-7)cc5)cc4c4cc(-c5ccc(C(C)(C)C)cc5)ccc43)cc2)cc1. The molecule has 0 radical (unpaired) electrons. The second-order valence-electron chi connectivity index (χ2n) is 26.4. The van der Waals surface area contributed by atoms with Crippen LogP contribution in [0, 0.1) is 0 Å². The molecule has 1 aromatic heterocycles. The van der Waals surface area contributed by atoms with Gasteiger partial charge in [-0.2, -0.15) is 0 Å². The molecule has 12 aromatic carbocycles. The first kappa shape index (κ1) is 62.6. The molecule has 1 aliphatic rings. The zero-order valence-corrected chi connectivity index (χ0v) is 55.4. The number of ether oxygens (including phenoxy) is 3. The van der Waals surface area contributed by atoms with E-state index in [1.165, 1.54) is 66.4 Å². The molecule has 1 unspecified atom stereocenters. The quantitative estimate of drug-likeness (QED) is 0.0534. The molecule has 5 heteroatoms. The van der Waals surface area contributed by atoms with Gasteiger partial charge in [0.1, 0.15) is 17.2 Å². The van der Waals surface area contributed by atoms with Crippen LogP contribution in [0.15, 0.2) is 298 Å². The van der Waals surface area contributed by atoms with Gasteiger partial charge in [-0.15, -0.1) is 0 Å². The molecule has 474 valence electrons. The summed E-state index contributed by atoms with van der Waals surface area (Å²) in [7, 11) is 0. The summed E-state index contributed by atoms with van der Waals surface area (Å²) < 4.78 is 21.1. The van der Waals surface area contributed by atoms with Crippen LogP contribution in [0.4, 0.5) is 17.1 Å². The van der Waals surface area contributed by atoms with E-state index >= 15 is 0 Å². The minimum atomic E-state index is -0.392. The topological polar surface area (TPSA) is 35.9 Å². The van der Waals surface area contributed by atoms with Crippen molar-refractivity contribution in [1.82, 2.24) is 4.57 Å². The summed E-state index contributed by atoms with van der Waals surface area (Å²) in [6.07, 6.45) is 10.7. The van der Waals surface area contributed by atoms with Crippen molar-refractivity contribution in [1.29, 1.82) is 0 Å². The van der Waals surface area contributed by atoms with Crippen molar-refractivity contribution < 1.29 is 14.2 Å². The van der Waals surface area contributed by atoms with Gasteiger partial charge >= 0.3 is 0 Å². The molecule has 13 aromatic rings. The van der Waals surface area contributed by atoms with Crippen LogP contribution in [0.3, 0.4) is 0 Å². The van der Waals surface area contributed by atoms with Crippen molar-refractivity contribution in [3.05, 3.63) is 332 Å². The van der Waals surface area contributed by atoms with Crippen LogP contribution in [0.2, 0.25) is 0 Å². The number of aromatic nitrogens is 1. The van der Waals surface area contributed by atoms with Crippen molar-refractivity contribution in [3.8, 4) is 67.4 Å². The molecule has 1 heterocycles. The van der Waals surface area contributed by atoms with E-state index in [1.54, 1.807) is 0 Å². The molecule has 0 N–H and O–H groups in total. The largest absolute Gasteiger partial charge is 0.494 e. The lowest BCUT2D eigenvalue weighted by molar-refractivity contribution is 0.287. The fourth-order valence-corrected chi connectivity index (χ4v) is 14.2. The average molecular weight is 1250 g/mol. The molecule has 14 rings (SSSR count). The summed E-state index contributed by atoms with van der Waals surface area (Å²) in [6, 6.07) is 104. The first-order chi connectivity index (χ1) is 47.1. The first-order valence-electron chi connectivity index (χ1n) is 34.1. The molecular formula is C91H82N2O3. The Kier molecular flexibility index (Phi) is 18.2. The molecule has 96 heavy (non-hydrogen) atoms. The summed E-state index contributed by atoms with van der Waals surface area (Å²) in [5, 5.41) is 2.40. The number of rotatable bonds is 25. The molecule has 5 nitrogen and oxygen atoms in total. The van der Waals surface area contributed by atoms with Crippen molar-refractivity contribution in [2.24, 2.45) is 0 Å². The van der Waals surface area contributed by atoms with Crippen molar-refractivity contribution in [2.45, 2.75) is 76.5 Å². The third-order valence-corrected chi connectivity index (χ3v) is 19.3. The van der Waals surface area contributed by atoms with Gasteiger partial charge in [0.2, 0.25) is 0 Å². The van der Waals surface area contributed by atoms with Crippen molar-refractivity contribution >= 4 is 51.0 Å². The fourth-order valence-electron chi connectivity index (χ4n) is 14.2. The molecule has 0 saturated heterocycles. The number of hydrogen-bond acceptors (Lipinski definition) is 4. The highest BCUT2D eigenvalue weighted by atomic mass is 16.5. The Bertz CT molecular complexity index is 4810. The Hall–Kier alpha value is -10.9. The number of anilines is 3. The van der Waals surface area contributed by atoms with E-state index in [-0.39, 0.29) is 5.41 Å². The summed E-state index contributed by atoms with van der Waals surface area (Å²) in [5.41, 5.74) is 23.4. The van der Waals surface area contributed by atoms with Gasteiger partial charge in [-0.3, -0.25) is 0 Å². The Morgan fingerprint density at radius 2 is 0.802 bits per heavy atom. The van der Waals surface area contributed by atoms with Crippen LogP contribution >= 0.6 is 0 Å². The van der Waals surface area contributed by atoms with Gasteiger partial charge < -0.3 is 23.7 Å². The summed E-state index contributed by atoms with van der Waals surface area (Å²) >= 11 is 0. The smallest absolute Gasteiger partial charge is 0.119 e. The van der Waals surface area contributed by atoms with Crippen LogP contribution in [0.5, 0.6) is 17.2 Å². The van der Waals surface area contributed by atoms with Gasteiger partial charge in [0.25, 0.3) is 0 Å². The van der Waals surface area contributed by atoms with E-state index in [1.807, 2.05) is 48.6 Å². The predicted octanol–water partition coefficient (Wildman–Crippen LogP) is 24.4. The van der Waals surface area contributed by atoms with E-state index in [0.29, 0.717) is 19.8 Å². The van der Waals surface area contributed by atoms with Crippen LogP contribution in [-0.4, -0.2) is 24.4 Å². The minimum absolute atomic E-state index is 0.0645. The van der Waals surface area contributed by atoms with Crippen molar-refractivity contribution in [2.75, 3.05) is 24.7 Å². The summed E-state index contributed by atoms with van der Waals surface area (Å²) in [5.74, 6) is 2.66. The summed E-state index contributed by atoms with van der Waals surface area (Å²) in [4.78, 5) is 2.44.